The molecule has 0 saturated carbocycles. The number of para-hydroxylation sites is 1. The van der Waals surface area contributed by atoms with Gasteiger partial charge in [0, 0.05) is 31.3 Å². The van der Waals surface area contributed by atoms with Gasteiger partial charge in [0.2, 0.25) is 0 Å². The van der Waals surface area contributed by atoms with Crippen molar-refractivity contribution in [3.8, 4) is 0 Å². The van der Waals surface area contributed by atoms with Gasteiger partial charge in [-0.15, -0.1) is 0 Å². The van der Waals surface area contributed by atoms with Crippen LogP contribution in [0.3, 0.4) is 0 Å². The predicted molar refractivity (Wildman–Crippen MR) is 99.7 cm³/mol. The summed E-state index contributed by atoms with van der Waals surface area (Å²) in [4.78, 5) is 2.20. The first-order valence-corrected chi connectivity index (χ1v) is 9.01. The molecule has 1 saturated heterocycles. The Morgan fingerprint density at radius 1 is 1.04 bits per heavy atom. The van der Waals surface area contributed by atoms with Gasteiger partial charge in [0.25, 0.3) is 0 Å². The molecule has 0 amide bonds. The monoisotopic (exact) mass is 354 g/mol. The van der Waals surface area contributed by atoms with E-state index in [0.717, 1.165) is 29.6 Å². The number of halogens is 1. The Hall–Kier alpha value is -2.21. The third-order valence-electron chi connectivity index (χ3n) is 5.03. The smallest absolute Gasteiger partial charge is 0.123 e. The number of nitrogens with zero attached hydrogens (tertiary/aromatic N) is 2. The van der Waals surface area contributed by atoms with Crippen LogP contribution in [-0.2, 0) is 4.74 Å². The van der Waals surface area contributed by atoms with Crippen molar-refractivity contribution < 1.29 is 14.2 Å². The summed E-state index contributed by atoms with van der Waals surface area (Å²) in [6.07, 6.45) is 1.31. The minimum atomic E-state index is -0.661. The summed E-state index contributed by atoms with van der Waals surface area (Å²) >= 11 is 0. The van der Waals surface area contributed by atoms with Gasteiger partial charge in [0.05, 0.1) is 25.4 Å². The van der Waals surface area contributed by atoms with Crippen LogP contribution in [0.4, 0.5) is 4.39 Å². The molecule has 4 nitrogen and oxygen atoms in total. The van der Waals surface area contributed by atoms with Gasteiger partial charge in [0.15, 0.2) is 0 Å². The average Bonchev–Trinajstić information content (AvgIpc) is 3.07. The van der Waals surface area contributed by atoms with Crippen LogP contribution in [0.5, 0.6) is 0 Å². The summed E-state index contributed by atoms with van der Waals surface area (Å²) in [5, 5.41) is 12.2. The molecule has 3 aromatic rings. The number of morpholine rings is 1. The van der Waals surface area contributed by atoms with Crippen LogP contribution in [0, 0.1) is 5.82 Å². The minimum absolute atomic E-state index is 0.289. The zero-order valence-corrected chi connectivity index (χ0v) is 14.6. The molecule has 0 aliphatic carbocycles. The number of benzene rings is 2. The van der Waals surface area contributed by atoms with Gasteiger partial charge in [-0.25, -0.2) is 4.39 Å². The van der Waals surface area contributed by atoms with Gasteiger partial charge in [-0.1, -0.05) is 30.3 Å². The third kappa shape index (κ3) is 3.51. The SMILES string of the molecule is O[C@H](CN1CCOCC1)[C@@H](c1cccc(F)c1)n1ccc2ccccc21. The summed E-state index contributed by atoms with van der Waals surface area (Å²) in [6, 6.07) is 16.3. The second-order valence-electron chi connectivity index (χ2n) is 6.76. The van der Waals surface area contributed by atoms with Gasteiger partial charge in [0.1, 0.15) is 5.82 Å². The summed E-state index contributed by atoms with van der Waals surface area (Å²) in [5.41, 5.74) is 1.80. The molecule has 2 heterocycles. The van der Waals surface area contributed by atoms with Crippen LogP contribution < -0.4 is 0 Å². The largest absolute Gasteiger partial charge is 0.389 e. The number of aliphatic hydroxyl groups is 1. The highest BCUT2D eigenvalue weighted by Gasteiger charge is 2.27. The van der Waals surface area contributed by atoms with E-state index in [-0.39, 0.29) is 11.9 Å². The lowest BCUT2D eigenvalue weighted by Gasteiger charge is -2.33. The van der Waals surface area contributed by atoms with Crippen molar-refractivity contribution >= 4 is 10.9 Å². The molecule has 2 atom stereocenters. The number of rotatable bonds is 5. The Morgan fingerprint density at radius 3 is 2.65 bits per heavy atom. The van der Waals surface area contributed by atoms with Gasteiger partial charge in [-0.05, 0) is 35.2 Å². The van der Waals surface area contributed by atoms with Crippen LogP contribution in [0.2, 0.25) is 0 Å². The molecule has 4 rings (SSSR count). The van der Waals surface area contributed by atoms with Crippen LogP contribution in [-0.4, -0.2) is 53.5 Å². The molecule has 2 aromatic carbocycles. The molecule has 0 spiro atoms. The van der Waals surface area contributed by atoms with E-state index in [1.54, 1.807) is 6.07 Å². The van der Waals surface area contributed by atoms with Crippen molar-refractivity contribution in [2.45, 2.75) is 12.1 Å². The molecule has 5 heteroatoms. The van der Waals surface area contributed by atoms with E-state index in [4.69, 9.17) is 4.74 Å². The predicted octanol–water partition coefficient (Wildman–Crippen LogP) is 3.06. The molecule has 1 N–H and O–H groups in total. The molecule has 1 aliphatic rings. The van der Waals surface area contributed by atoms with Gasteiger partial charge < -0.3 is 14.4 Å². The molecular weight excluding hydrogens is 331 g/mol. The Balaban J connectivity index is 1.71. The zero-order chi connectivity index (χ0) is 17.9. The number of fused-ring (bicyclic) bond motifs is 1. The lowest BCUT2D eigenvalue weighted by molar-refractivity contribution is 0.00700. The fraction of sp³-hybridized carbons (Fsp3) is 0.333. The van der Waals surface area contributed by atoms with Crippen molar-refractivity contribution in [1.29, 1.82) is 0 Å². The Labute approximate surface area is 152 Å². The Kier molecular flexibility index (Phi) is 5.02. The zero-order valence-electron chi connectivity index (χ0n) is 14.6. The number of aliphatic hydroxyl groups excluding tert-OH is 1. The fourth-order valence-corrected chi connectivity index (χ4v) is 3.75. The van der Waals surface area contributed by atoms with Crippen molar-refractivity contribution in [3.63, 3.8) is 0 Å². The Morgan fingerprint density at radius 2 is 1.85 bits per heavy atom. The maximum absolute atomic E-state index is 13.9. The molecule has 1 fully saturated rings. The quantitative estimate of drug-likeness (QED) is 0.765. The molecule has 26 heavy (non-hydrogen) atoms. The van der Waals surface area contributed by atoms with E-state index in [2.05, 4.69) is 9.47 Å². The van der Waals surface area contributed by atoms with Crippen molar-refractivity contribution in [1.82, 2.24) is 9.47 Å². The third-order valence-corrected chi connectivity index (χ3v) is 5.03. The van der Waals surface area contributed by atoms with Gasteiger partial charge >= 0.3 is 0 Å². The fourth-order valence-electron chi connectivity index (χ4n) is 3.75. The van der Waals surface area contributed by atoms with E-state index >= 15 is 0 Å². The number of β-amino-alcohol motifs (C(OH)–C–C–N with tert-alkyl or cyclic N) is 1. The lowest BCUT2D eigenvalue weighted by atomic mass is 10.00. The minimum Gasteiger partial charge on any atom is -0.389 e. The van der Waals surface area contributed by atoms with Crippen molar-refractivity contribution in [2.75, 3.05) is 32.8 Å². The van der Waals surface area contributed by atoms with Crippen LogP contribution in [0.15, 0.2) is 60.8 Å². The summed E-state index contributed by atoms with van der Waals surface area (Å²) in [5.74, 6) is -0.289. The molecule has 1 aliphatic heterocycles. The standard InChI is InChI=1S/C21H23FN2O2/c22-18-6-3-5-17(14-18)21(20(25)15-23-10-12-26-13-11-23)24-9-8-16-4-1-2-7-19(16)24/h1-9,14,20-21,25H,10-13,15H2/t20-,21-/m1/s1. The number of hydrogen-bond donors (Lipinski definition) is 1. The van der Waals surface area contributed by atoms with Crippen LogP contribution in [0.1, 0.15) is 11.6 Å². The summed E-state index contributed by atoms with van der Waals surface area (Å²) < 4.78 is 21.3. The highest BCUT2D eigenvalue weighted by atomic mass is 19.1. The molecule has 0 unspecified atom stereocenters. The van der Waals surface area contributed by atoms with Crippen molar-refractivity contribution in [3.05, 3.63) is 72.2 Å². The van der Waals surface area contributed by atoms with E-state index in [1.165, 1.54) is 12.1 Å². The van der Waals surface area contributed by atoms with E-state index in [1.807, 2.05) is 42.6 Å². The van der Waals surface area contributed by atoms with Gasteiger partial charge in [-0.2, -0.15) is 0 Å². The molecular formula is C21H23FN2O2. The number of hydrogen-bond acceptors (Lipinski definition) is 3. The second kappa shape index (κ2) is 7.58. The average molecular weight is 354 g/mol. The Bertz CT molecular complexity index is 873. The first-order valence-electron chi connectivity index (χ1n) is 9.01. The van der Waals surface area contributed by atoms with E-state index in [9.17, 15) is 9.50 Å². The topological polar surface area (TPSA) is 37.6 Å². The second-order valence-corrected chi connectivity index (χ2v) is 6.76. The van der Waals surface area contributed by atoms with E-state index in [0.29, 0.717) is 19.8 Å². The highest BCUT2D eigenvalue weighted by molar-refractivity contribution is 5.80. The summed E-state index contributed by atoms with van der Waals surface area (Å²) in [6.45, 7) is 3.50. The van der Waals surface area contributed by atoms with Crippen LogP contribution in [0.25, 0.3) is 10.9 Å². The molecule has 136 valence electrons. The highest BCUT2D eigenvalue weighted by Crippen LogP contribution is 2.29. The number of aromatic nitrogens is 1. The lowest BCUT2D eigenvalue weighted by Crippen LogP contribution is -2.43. The first-order chi connectivity index (χ1) is 12.7. The summed E-state index contributed by atoms with van der Waals surface area (Å²) in [7, 11) is 0. The first kappa shape index (κ1) is 17.2. The maximum atomic E-state index is 13.9. The normalized spacial score (nSPS) is 18.1. The molecule has 0 bridgehead atoms. The molecule has 1 aromatic heterocycles. The van der Waals surface area contributed by atoms with E-state index < -0.39 is 6.10 Å². The number of ether oxygens (including phenoxy) is 1. The van der Waals surface area contributed by atoms with Crippen LogP contribution >= 0.6 is 0 Å². The van der Waals surface area contributed by atoms with Crippen molar-refractivity contribution in [2.24, 2.45) is 0 Å². The molecule has 0 radical (unpaired) electrons. The maximum Gasteiger partial charge on any atom is 0.123 e. The van der Waals surface area contributed by atoms with Gasteiger partial charge in [-0.3, -0.25) is 4.90 Å².